The first-order valence-electron chi connectivity index (χ1n) is 4.50. The first-order valence-corrected chi connectivity index (χ1v) is 5.67. The maximum atomic E-state index is 13.5. The highest BCUT2D eigenvalue weighted by atomic mass is 79.9. The SMILES string of the molecule is CC(Cc1c(F)c(F)c(Cl)c(F)c1Br)C(=O)O. The van der Waals surface area contributed by atoms with Crippen molar-refractivity contribution in [2.45, 2.75) is 13.3 Å². The van der Waals surface area contributed by atoms with E-state index in [1.807, 2.05) is 0 Å². The van der Waals surface area contributed by atoms with Gasteiger partial charge in [-0.05, 0) is 22.4 Å². The van der Waals surface area contributed by atoms with Crippen molar-refractivity contribution in [3.8, 4) is 0 Å². The van der Waals surface area contributed by atoms with Gasteiger partial charge in [0.15, 0.2) is 17.5 Å². The molecule has 1 aromatic rings. The Balaban J connectivity index is 3.30. The molecule has 1 rings (SSSR count). The van der Waals surface area contributed by atoms with E-state index in [-0.39, 0.29) is 16.5 Å². The molecule has 94 valence electrons. The van der Waals surface area contributed by atoms with Crippen molar-refractivity contribution >= 4 is 33.5 Å². The van der Waals surface area contributed by atoms with E-state index in [1.54, 1.807) is 0 Å². The summed E-state index contributed by atoms with van der Waals surface area (Å²) in [5, 5.41) is 7.71. The zero-order valence-corrected chi connectivity index (χ0v) is 10.9. The van der Waals surface area contributed by atoms with E-state index < -0.39 is 34.4 Å². The molecule has 0 aliphatic carbocycles. The predicted octanol–water partition coefficient (Wildman–Crippen LogP) is 3.78. The van der Waals surface area contributed by atoms with Crippen LogP contribution in [-0.2, 0) is 11.2 Å². The highest BCUT2D eigenvalue weighted by molar-refractivity contribution is 9.10. The van der Waals surface area contributed by atoms with Crippen LogP contribution in [0.2, 0.25) is 5.02 Å². The molecule has 0 heterocycles. The van der Waals surface area contributed by atoms with Gasteiger partial charge in [-0.15, -0.1) is 0 Å². The lowest BCUT2D eigenvalue weighted by Gasteiger charge is -2.12. The van der Waals surface area contributed by atoms with Gasteiger partial charge in [-0.1, -0.05) is 18.5 Å². The molecule has 1 aromatic carbocycles. The molecule has 0 spiro atoms. The summed E-state index contributed by atoms with van der Waals surface area (Å²) in [5.74, 6) is -6.15. The van der Waals surface area contributed by atoms with Crippen molar-refractivity contribution in [3.63, 3.8) is 0 Å². The number of benzene rings is 1. The van der Waals surface area contributed by atoms with Crippen LogP contribution in [0.3, 0.4) is 0 Å². The molecular weight excluding hydrogens is 324 g/mol. The predicted molar refractivity (Wildman–Crippen MR) is 59.5 cm³/mol. The average Bonchev–Trinajstić information content (AvgIpc) is 2.29. The fourth-order valence-electron chi connectivity index (χ4n) is 1.22. The molecule has 0 saturated heterocycles. The maximum Gasteiger partial charge on any atom is 0.306 e. The van der Waals surface area contributed by atoms with E-state index in [1.165, 1.54) is 6.92 Å². The zero-order chi connectivity index (χ0) is 13.3. The molecule has 0 bridgehead atoms. The average molecular weight is 332 g/mol. The van der Waals surface area contributed by atoms with Crippen LogP contribution in [0.4, 0.5) is 13.2 Å². The largest absolute Gasteiger partial charge is 0.481 e. The van der Waals surface area contributed by atoms with Gasteiger partial charge < -0.3 is 5.11 Å². The summed E-state index contributed by atoms with van der Waals surface area (Å²) in [6.45, 7) is 1.30. The summed E-state index contributed by atoms with van der Waals surface area (Å²) >= 11 is 7.96. The Bertz CT molecular complexity index is 450. The van der Waals surface area contributed by atoms with E-state index in [2.05, 4.69) is 15.9 Å². The van der Waals surface area contributed by atoms with Gasteiger partial charge in [0.05, 0.1) is 10.4 Å². The van der Waals surface area contributed by atoms with Crippen molar-refractivity contribution in [1.82, 2.24) is 0 Å². The second kappa shape index (κ2) is 5.27. The maximum absolute atomic E-state index is 13.5. The van der Waals surface area contributed by atoms with Crippen LogP contribution in [-0.4, -0.2) is 11.1 Å². The molecule has 0 radical (unpaired) electrons. The van der Waals surface area contributed by atoms with Crippen molar-refractivity contribution < 1.29 is 23.1 Å². The molecule has 0 aliphatic rings. The van der Waals surface area contributed by atoms with Crippen LogP contribution < -0.4 is 0 Å². The first-order chi connectivity index (χ1) is 7.77. The van der Waals surface area contributed by atoms with Gasteiger partial charge in [0.1, 0.15) is 5.02 Å². The Labute approximate surface area is 109 Å². The Kier molecular flexibility index (Phi) is 4.43. The minimum Gasteiger partial charge on any atom is -0.481 e. The Morgan fingerprint density at radius 1 is 1.35 bits per heavy atom. The molecule has 0 saturated carbocycles. The Hall–Kier alpha value is -0.750. The van der Waals surface area contributed by atoms with Crippen molar-refractivity contribution in [3.05, 3.63) is 32.5 Å². The summed E-state index contributed by atoms with van der Waals surface area (Å²) in [7, 11) is 0. The van der Waals surface area contributed by atoms with Crippen LogP contribution in [0.25, 0.3) is 0 Å². The molecule has 7 heteroatoms. The molecule has 1 atom stereocenters. The molecule has 1 N–H and O–H groups in total. The monoisotopic (exact) mass is 330 g/mol. The number of aliphatic carboxylic acids is 1. The quantitative estimate of drug-likeness (QED) is 0.676. The van der Waals surface area contributed by atoms with E-state index in [9.17, 15) is 18.0 Å². The van der Waals surface area contributed by atoms with Crippen LogP contribution in [0.15, 0.2) is 4.47 Å². The van der Waals surface area contributed by atoms with Crippen LogP contribution in [0.5, 0.6) is 0 Å². The topological polar surface area (TPSA) is 37.3 Å². The summed E-state index contributed by atoms with van der Waals surface area (Å²) in [5.41, 5.74) is -0.376. The smallest absolute Gasteiger partial charge is 0.306 e. The van der Waals surface area contributed by atoms with Crippen LogP contribution >= 0.6 is 27.5 Å². The standard InChI is InChI=1S/C10H7BrClF3O2/c1-3(10(16)17)2-4-5(11)8(14)6(12)9(15)7(4)13/h3H,2H2,1H3,(H,16,17). The van der Waals surface area contributed by atoms with Gasteiger partial charge in [0.2, 0.25) is 0 Å². The Morgan fingerprint density at radius 3 is 2.35 bits per heavy atom. The number of carboxylic acid groups (broad SMARTS) is 1. The molecule has 2 nitrogen and oxygen atoms in total. The van der Waals surface area contributed by atoms with Crippen molar-refractivity contribution in [1.29, 1.82) is 0 Å². The number of halogens is 5. The summed E-state index contributed by atoms with van der Waals surface area (Å²) < 4.78 is 39.6. The fraction of sp³-hybridized carbons (Fsp3) is 0.300. The zero-order valence-electron chi connectivity index (χ0n) is 8.53. The van der Waals surface area contributed by atoms with Gasteiger partial charge in [0.25, 0.3) is 0 Å². The second-order valence-electron chi connectivity index (χ2n) is 3.49. The fourth-order valence-corrected chi connectivity index (χ4v) is 2.05. The lowest BCUT2D eigenvalue weighted by atomic mass is 10.0. The third-order valence-corrected chi connectivity index (χ3v) is 3.39. The van der Waals surface area contributed by atoms with E-state index >= 15 is 0 Å². The third-order valence-electron chi connectivity index (χ3n) is 2.23. The highest BCUT2D eigenvalue weighted by Crippen LogP contribution is 2.33. The summed E-state index contributed by atoms with van der Waals surface area (Å²) in [6, 6.07) is 0. The van der Waals surface area contributed by atoms with Crippen LogP contribution in [0, 0.1) is 23.4 Å². The third kappa shape index (κ3) is 2.74. The van der Waals surface area contributed by atoms with Crippen molar-refractivity contribution in [2.24, 2.45) is 5.92 Å². The normalized spacial score (nSPS) is 12.6. The van der Waals surface area contributed by atoms with Gasteiger partial charge in [-0.25, -0.2) is 13.2 Å². The number of carbonyl (C=O) groups is 1. The van der Waals surface area contributed by atoms with E-state index in [0.717, 1.165) is 0 Å². The lowest BCUT2D eigenvalue weighted by molar-refractivity contribution is -0.141. The molecule has 0 amide bonds. The number of hydrogen-bond donors (Lipinski definition) is 1. The minimum absolute atomic E-state index is 0.341. The van der Waals surface area contributed by atoms with Crippen molar-refractivity contribution in [2.75, 3.05) is 0 Å². The minimum atomic E-state index is -1.51. The summed E-state index contributed by atoms with van der Waals surface area (Å²) in [4.78, 5) is 10.6. The molecule has 1 unspecified atom stereocenters. The van der Waals surface area contributed by atoms with Gasteiger partial charge in [-0.3, -0.25) is 4.79 Å². The number of hydrogen-bond acceptors (Lipinski definition) is 1. The summed E-state index contributed by atoms with van der Waals surface area (Å²) in [6.07, 6.45) is -0.341. The van der Waals surface area contributed by atoms with Crippen LogP contribution in [0.1, 0.15) is 12.5 Å². The number of rotatable bonds is 3. The van der Waals surface area contributed by atoms with Gasteiger partial charge in [-0.2, -0.15) is 0 Å². The molecule has 0 aliphatic heterocycles. The van der Waals surface area contributed by atoms with Gasteiger partial charge >= 0.3 is 5.97 Å². The van der Waals surface area contributed by atoms with E-state index in [4.69, 9.17) is 16.7 Å². The number of carboxylic acids is 1. The second-order valence-corrected chi connectivity index (χ2v) is 4.66. The van der Waals surface area contributed by atoms with E-state index in [0.29, 0.717) is 0 Å². The molecule has 0 fully saturated rings. The highest BCUT2D eigenvalue weighted by Gasteiger charge is 2.25. The Morgan fingerprint density at radius 2 is 1.88 bits per heavy atom. The molecule has 0 aromatic heterocycles. The molecule has 17 heavy (non-hydrogen) atoms. The lowest BCUT2D eigenvalue weighted by Crippen LogP contribution is -2.14. The molecular formula is C10H7BrClF3O2. The van der Waals surface area contributed by atoms with Gasteiger partial charge in [0, 0.05) is 5.56 Å². The first kappa shape index (κ1) is 14.3.